The van der Waals surface area contributed by atoms with Crippen LogP contribution in [0.5, 0.6) is 0 Å². The number of hydrogen-bond donors (Lipinski definition) is 1. The fourth-order valence-corrected chi connectivity index (χ4v) is 1.20. The van der Waals surface area contributed by atoms with E-state index in [1.165, 1.54) is 0 Å². The number of hydrogen-bond acceptors (Lipinski definition) is 2. The van der Waals surface area contributed by atoms with Crippen LogP contribution in [-0.2, 0) is 4.74 Å². The molecule has 3 unspecified atom stereocenters. The summed E-state index contributed by atoms with van der Waals surface area (Å²) in [6.45, 7) is 7.92. The molecule has 2 nitrogen and oxygen atoms in total. The maximum absolute atomic E-state index is 9.33. The lowest BCUT2D eigenvalue weighted by Crippen LogP contribution is -2.32. The van der Waals surface area contributed by atoms with Gasteiger partial charge in [-0.3, -0.25) is 0 Å². The van der Waals surface area contributed by atoms with Gasteiger partial charge in [0.2, 0.25) is 0 Å². The average molecular weight is 144 g/mol. The number of ether oxygens (including phenoxy) is 1. The largest absolute Gasteiger partial charge is 0.393 e. The molecule has 0 radical (unpaired) electrons. The van der Waals surface area contributed by atoms with Crippen LogP contribution in [0.2, 0.25) is 0 Å². The second kappa shape index (κ2) is 2.21. The Balaban J connectivity index is 2.52. The van der Waals surface area contributed by atoms with Gasteiger partial charge in [-0.15, -0.1) is 0 Å². The number of aliphatic hydroxyl groups is 1. The SMILES string of the molecule is CC1OC1C(C)(C)C(C)O. The van der Waals surface area contributed by atoms with E-state index in [1.807, 2.05) is 27.7 Å². The summed E-state index contributed by atoms with van der Waals surface area (Å²) in [5.74, 6) is 0. The van der Waals surface area contributed by atoms with Crippen molar-refractivity contribution < 1.29 is 9.84 Å². The van der Waals surface area contributed by atoms with Crippen LogP contribution in [0.1, 0.15) is 27.7 Å². The first-order chi connectivity index (χ1) is 4.46. The van der Waals surface area contributed by atoms with Gasteiger partial charge in [-0.2, -0.15) is 0 Å². The third-order valence-corrected chi connectivity index (χ3v) is 2.52. The van der Waals surface area contributed by atoms with Gasteiger partial charge in [0.05, 0.1) is 18.3 Å². The highest BCUT2D eigenvalue weighted by atomic mass is 16.6. The summed E-state index contributed by atoms with van der Waals surface area (Å²) in [5, 5.41) is 9.33. The van der Waals surface area contributed by atoms with Crippen LogP contribution < -0.4 is 0 Å². The Kier molecular flexibility index (Phi) is 1.77. The Hall–Kier alpha value is -0.0800. The molecule has 0 spiro atoms. The van der Waals surface area contributed by atoms with Crippen molar-refractivity contribution in [3.63, 3.8) is 0 Å². The lowest BCUT2D eigenvalue weighted by atomic mass is 9.83. The fourth-order valence-electron chi connectivity index (χ4n) is 1.20. The van der Waals surface area contributed by atoms with E-state index in [0.29, 0.717) is 6.10 Å². The normalized spacial score (nSPS) is 35.7. The van der Waals surface area contributed by atoms with Crippen LogP contribution in [0.3, 0.4) is 0 Å². The number of aliphatic hydroxyl groups excluding tert-OH is 1. The molecule has 3 atom stereocenters. The first kappa shape index (κ1) is 8.02. The second-order valence-corrected chi connectivity index (χ2v) is 3.76. The van der Waals surface area contributed by atoms with E-state index >= 15 is 0 Å². The topological polar surface area (TPSA) is 32.8 Å². The lowest BCUT2D eigenvalue weighted by molar-refractivity contribution is 0.0437. The van der Waals surface area contributed by atoms with E-state index < -0.39 is 0 Å². The summed E-state index contributed by atoms with van der Waals surface area (Å²) in [4.78, 5) is 0. The minimum absolute atomic E-state index is 0.0839. The van der Waals surface area contributed by atoms with Crippen molar-refractivity contribution in [2.45, 2.75) is 46.0 Å². The van der Waals surface area contributed by atoms with Gasteiger partial charge >= 0.3 is 0 Å². The van der Waals surface area contributed by atoms with Gasteiger partial charge in [0.1, 0.15) is 0 Å². The van der Waals surface area contributed by atoms with E-state index in [2.05, 4.69) is 0 Å². The molecule has 1 aliphatic rings. The molecular formula is C8H16O2. The van der Waals surface area contributed by atoms with Crippen molar-refractivity contribution in [1.29, 1.82) is 0 Å². The van der Waals surface area contributed by atoms with Crippen molar-refractivity contribution in [2.24, 2.45) is 5.41 Å². The number of rotatable bonds is 2. The summed E-state index contributed by atoms with van der Waals surface area (Å²) < 4.78 is 5.28. The van der Waals surface area contributed by atoms with Gasteiger partial charge in [-0.1, -0.05) is 13.8 Å². The third kappa shape index (κ3) is 1.18. The molecule has 0 aromatic rings. The minimum Gasteiger partial charge on any atom is -0.393 e. The van der Waals surface area contributed by atoms with Gasteiger partial charge in [0.15, 0.2) is 0 Å². The first-order valence-corrected chi connectivity index (χ1v) is 3.79. The van der Waals surface area contributed by atoms with E-state index in [4.69, 9.17) is 4.74 Å². The van der Waals surface area contributed by atoms with Crippen LogP contribution in [0.25, 0.3) is 0 Å². The van der Waals surface area contributed by atoms with Crippen LogP contribution in [0.4, 0.5) is 0 Å². The smallest absolute Gasteiger partial charge is 0.0914 e. The zero-order valence-corrected chi connectivity index (χ0v) is 7.09. The Bertz CT molecular complexity index is 129. The molecule has 0 bridgehead atoms. The molecule has 0 amide bonds. The molecule has 1 heterocycles. The molecule has 0 aliphatic carbocycles. The Morgan fingerprint density at radius 1 is 1.50 bits per heavy atom. The molecule has 10 heavy (non-hydrogen) atoms. The summed E-state index contributed by atoms with van der Waals surface area (Å²) in [6.07, 6.45) is 0.305. The van der Waals surface area contributed by atoms with E-state index in [0.717, 1.165) is 0 Å². The molecule has 1 aliphatic heterocycles. The fraction of sp³-hybridized carbons (Fsp3) is 1.00. The predicted molar refractivity (Wildman–Crippen MR) is 39.8 cm³/mol. The molecular weight excluding hydrogens is 128 g/mol. The van der Waals surface area contributed by atoms with Gasteiger partial charge in [-0.25, -0.2) is 0 Å². The highest BCUT2D eigenvalue weighted by Crippen LogP contribution is 2.40. The maximum atomic E-state index is 9.33. The van der Waals surface area contributed by atoms with Gasteiger partial charge in [0, 0.05) is 5.41 Å². The van der Waals surface area contributed by atoms with Crippen molar-refractivity contribution in [3.05, 3.63) is 0 Å². The molecule has 0 saturated carbocycles. The van der Waals surface area contributed by atoms with E-state index in [9.17, 15) is 5.11 Å². The Morgan fingerprint density at radius 3 is 2.00 bits per heavy atom. The van der Waals surface area contributed by atoms with E-state index in [1.54, 1.807) is 0 Å². The van der Waals surface area contributed by atoms with Gasteiger partial charge < -0.3 is 9.84 Å². The summed E-state index contributed by atoms with van der Waals surface area (Å²) in [6, 6.07) is 0. The van der Waals surface area contributed by atoms with Crippen LogP contribution >= 0.6 is 0 Å². The van der Waals surface area contributed by atoms with Crippen molar-refractivity contribution >= 4 is 0 Å². The monoisotopic (exact) mass is 144 g/mol. The standard InChI is InChI=1S/C8H16O2/c1-5-7(10-5)8(3,4)6(2)9/h5-7,9H,1-4H3. The summed E-state index contributed by atoms with van der Waals surface area (Å²) in [7, 11) is 0. The van der Waals surface area contributed by atoms with Gasteiger partial charge in [0.25, 0.3) is 0 Å². The second-order valence-electron chi connectivity index (χ2n) is 3.76. The van der Waals surface area contributed by atoms with Crippen molar-refractivity contribution in [2.75, 3.05) is 0 Å². The molecule has 1 rings (SSSR count). The zero-order valence-electron chi connectivity index (χ0n) is 7.09. The maximum Gasteiger partial charge on any atom is 0.0914 e. The highest BCUT2D eigenvalue weighted by molar-refractivity contribution is 4.96. The van der Waals surface area contributed by atoms with Crippen LogP contribution in [0, 0.1) is 5.41 Å². The number of epoxide rings is 1. The molecule has 0 aromatic carbocycles. The van der Waals surface area contributed by atoms with Crippen LogP contribution in [-0.4, -0.2) is 23.4 Å². The first-order valence-electron chi connectivity index (χ1n) is 3.79. The molecule has 1 fully saturated rings. The summed E-state index contributed by atoms with van der Waals surface area (Å²) in [5.41, 5.74) is -0.0839. The molecule has 60 valence electrons. The van der Waals surface area contributed by atoms with Crippen molar-refractivity contribution in [3.8, 4) is 0 Å². The quantitative estimate of drug-likeness (QED) is 0.590. The molecule has 2 heteroatoms. The highest BCUT2D eigenvalue weighted by Gasteiger charge is 2.48. The minimum atomic E-state index is -0.289. The Labute approximate surface area is 62.2 Å². The molecule has 0 aromatic heterocycles. The van der Waals surface area contributed by atoms with Crippen molar-refractivity contribution in [1.82, 2.24) is 0 Å². The Morgan fingerprint density at radius 2 is 1.90 bits per heavy atom. The molecule has 1 N–H and O–H groups in total. The predicted octanol–water partition coefficient (Wildman–Crippen LogP) is 1.18. The lowest BCUT2D eigenvalue weighted by Gasteiger charge is -2.25. The zero-order chi connectivity index (χ0) is 7.94. The van der Waals surface area contributed by atoms with Crippen LogP contribution in [0.15, 0.2) is 0 Å². The molecule has 1 saturated heterocycles. The average Bonchev–Trinajstić information content (AvgIpc) is 2.46. The van der Waals surface area contributed by atoms with E-state index in [-0.39, 0.29) is 17.6 Å². The van der Waals surface area contributed by atoms with Gasteiger partial charge in [-0.05, 0) is 13.8 Å². The third-order valence-electron chi connectivity index (χ3n) is 2.52. The summed E-state index contributed by atoms with van der Waals surface area (Å²) >= 11 is 0.